The zero-order valence-corrected chi connectivity index (χ0v) is 34.8. The van der Waals surface area contributed by atoms with Crippen LogP contribution in [0, 0.1) is 0 Å². The molecular formula is C64H36. The Balaban J connectivity index is 1.33. The summed E-state index contributed by atoms with van der Waals surface area (Å²) in [5.74, 6) is 0. The lowest BCUT2D eigenvalue weighted by molar-refractivity contribution is 1.65. The Bertz CT molecular complexity index is 4090. The monoisotopic (exact) mass is 804 g/mol. The van der Waals surface area contributed by atoms with Gasteiger partial charge in [0.1, 0.15) is 0 Å². The average Bonchev–Trinajstić information content (AvgIpc) is 3.88. The maximum Gasteiger partial charge on any atom is -0.0000928 e. The average molecular weight is 805 g/mol. The number of benzene rings is 13. The van der Waals surface area contributed by atoms with Gasteiger partial charge >= 0.3 is 0 Å². The van der Waals surface area contributed by atoms with Gasteiger partial charge in [0, 0.05) is 0 Å². The van der Waals surface area contributed by atoms with Crippen molar-refractivity contribution in [2.75, 3.05) is 0 Å². The zero-order chi connectivity index (χ0) is 41.6. The molecule has 0 amide bonds. The minimum absolute atomic E-state index is 1.22. The Kier molecular flexibility index (Phi) is 6.77. The number of hydrogen-bond donors (Lipinski definition) is 0. The molecule has 15 aromatic carbocycles. The van der Waals surface area contributed by atoms with E-state index in [1.807, 2.05) is 0 Å². The molecule has 0 aromatic heterocycles. The highest BCUT2D eigenvalue weighted by molar-refractivity contribution is 6.49. The van der Waals surface area contributed by atoms with Crippen molar-refractivity contribution in [1.29, 1.82) is 0 Å². The van der Waals surface area contributed by atoms with Gasteiger partial charge in [0.25, 0.3) is 0 Å². The molecule has 0 atom stereocenters. The van der Waals surface area contributed by atoms with E-state index in [-0.39, 0.29) is 0 Å². The first kappa shape index (κ1) is 34.3. The standard InChI is InChI=1S/C64H36/c1-5-17-39(18-6-1)53-59-47-31-15-27-38-28-16-32-48(52(38)47)60(59)54(40-19-7-2-8-20-40)64-56(42-23-11-4-12-24-42)62-50-36-34-46-44-30-14-26-37-25-13-29-43(51(37)44)45-33-35-49(58(50)57(45)46)61(62)55(63(53)64)41-21-9-3-10-22-41/h1-36H. The predicted molar refractivity (Wildman–Crippen MR) is 277 cm³/mol. The van der Waals surface area contributed by atoms with E-state index in [1.165, 1.54) is 152 Å². The van der Waals surface area contributed by atoms with Crippen molar-refractivity contribution in [2.24, 2.45) is 0 Å². The highest BCUT2D eigenvalue weighted by atomic mass is 14.3. The lowest BCUT2D eigenvalue weighted by Gasteiger charge is -2.24. The van der Waals surface area contributed by atoms with Crippen LogP contribution in [0.4, 0.5) is 0 Å². The fourth-order valence-electron chi connectivity index (χ4n) is 12.3. The Morgan fingerprint density at radius 1 is 0.141 bits per heavy atom. The second kappa shape index (κ2) is 12.6. The summed E-state index contributed by atoms with van der Waals surface area (Å²) in [5.41, 5.74) is 10.1. The first-order chi connectivity index (χ1) is 31.8. The third-order valence-corrected chi connectivity index (χ3v) is 14.6. The van der Waals surface area contributed by atoms with Crippen molar-refractivity contribution in [3.05, 3.63) is 218 Å². The van der Waals surface area contributed by atoms with Gasteiger partial charge in [-0.1, -0.05) is 218 Å². The van der Waals surface area contributed by atoms with E-state index in [0.717, 1.165) is 0 Å². The van der Waals surface area contributed by atoms with Crippen LogP contribution in [0.15, 0.2) is 218 Å². The molecule has 0 unspecified atom stereocenters. The first-order valence-electron chi connectivity index (χ1n) is 22.4. The summed E-state index contributed by atoms with van der Waals surface area (Å²) in [5, 5.41) is 26.3. The molecule has 15 aromatic rings. The van der Waals surface area contributed by atoms with Crippen molar-refractivity contribution in [1.82, 2.24) is 0 Å². The van der Waals surface area contributed by atoms with E-state index in [0.29, 0.717) is 0 Å². The molecule has 0 aliphatic heterocycles. The van der Waals surface area contributed by atoms with Crippen LogP contribution in [0.2, 0.25) is 0 Å². The Labute approximate surface area is 368 Å². The van der Waals surface area contributed by atoms with Crippen molar-refractivity contribution in [3.8, 4) is 44.5 Å². The molecule has 0 nitrogen and oxygen atoms in total. The van der Waals surface area contributed by atoms with Crippen LogP contribution in [-0.2, 0) is 0 Å². The van der Waals surface area contributed by atoms with Crippen molar-refractivity contribution in [3.63, 3.8) is 0 Å². The van der Waals surface area contributed by atoms with E-state index in [4.69, 9.17) is 0 Å². The quantitative estimate of drug-likeness (QED) is 0.123. The van der Waals surface area contributed by atoms with Crippen LogP contribution in [-0.4, -0.2) is 0 Å². The number of fused-ring (bicyclic) bond motifs is 9. The third-order valence-electron chi connectivity index (χ3n) is 14.6. The second-order valence-electron chi connectivity index (χ2n) is 17.7. The van der Waals surface area contributed by atoms with Gasteiger partial charge in [-0.05, 0) is 152 Å². The molecule has 0 heterocycles. The Morgan fingerprint density at radius 2 is 0.391 bits per heavy atom. The lowest BCUT2D eigenvalue weighted by Crippen LogP contribution is -1.96. The summed E-state index contributed by atoms with van der Waals surface area (Å²) in [6.45, 7) is 0. The molecule has 292 valence electrons. The van der Waals surface area contributed by atoms with Gasteiger partial charge in [-0.2, -0.15) is 0 Å². The van der Waals surface area contributed by atoms with E-state index >= 15 is 0 Å². The molecule has 64 heavy (non-hydrogen) atoms. The summed E-state index contributed by atoms with van der Waals surface area (Å²) in [6.07, 6.45) is 0. The molecule has 0 spiro atoms. The molecule has 0 heteroatoms. The topological polar surface area (TPSA) is 0 Å². The molecular weight excluding hydrogens is 769 g/mol. The first-order valence-corrected chi connectivity index (χ1v) is 22.4. The molecule has 0 aliphatic rings. The van der Waals surface area contributed by atoms with E-state index in [2.05, 4.69) is 218 Å². The van der Waals surface area contributed by atoms with Crippen LogP contribution < -0.4 is 0 Å². The van der Waals surface area contributed by atoms with Gasteiger partial charge in [0.15, 0.2) is 0 Å². The van der Waals surface area contributed by atoms with Gasteiger partial charge in [-0.3, -0.25) is 0 Å². The Hall–Kier alpha value is -8.32. The van der Waals surface area contributed by atoms with Crippen molar-refractivity contribution < 1.29 is 0 Å². The van der Waals surface area contributed by atoms with Gasteiger partial charge in [0.2, 0.25) is 0 Å². The highest BCUT2D eigenvalue weighted by Gasteiger charge is 2.32. The molecule has 0 fully saturated rings. The lowest BCUT2D eigenvalue weighted by atomic mass is 9.78. The third kappa shape index (κ3) is 4.32. The van der Waals surface area contributed by atoms with Crippen LogP contribution in [0.25, 0.3) is 152 Å². The predicted octanol–water partition coefficient (Wildman–Crippen LogP) is 18.2. The Morgan fingerprint density at radius 3 is 0.734 bits per heavy atom. The van der Waals surface area contributed by atoms with Gasteiger partial charge < -0.3 is 0 Å². The minimum atomic E-state index is 1.22. The smallest absolute Gasteiger partial charge is 0.0000928 e. The van der Waals surface area contributed by atoms with Crippen LogP contribution in [0.5, 0.6) is 0 Å². The van der Waals surface area contributed by atoms with E-state index in [9.17, 15) is 0 Å². The van der Waals surface area contributed by atoms with Gasteiger partial charge in [0.05, 0.1) is 0 Å². The highest BCUT2D eigenvalue weighted by Crippen LogP contribution is 2.60. The molecule has 0 saturated carbocycles. The number of hydrogen-bond acceptors (Lipinski definition) is 0. The molecule has 0 radical (unpaired) electrons. The molecule has 0 N–H and O–H groups in total. The maximum absolute atomic E-state index is 2.46. The maximum atomic E-state index is 2.46. The molecule has 0 bridgehead atoms. The summed E-state index contributed by atoms with van der Waals surface area (Å²) in [7, 11) is 0. The van der Waals surface area contributed by atoms with Crippen LogP contribution >= 0.6 is 0 Å². The fourth-order valence-corrected chi connectivity index (χ4v) is 12.3. The number of rotatable bonds is 4. The van der Waals surface area contributed by atoms with Gasteiger partial charge in [-0.15, -0.1) is 0 Å². The van der Waals surface area contributed by atoms with Crippen LogP contribution in [0.3, 0.4) is 0 Å². The second-order valence-corrected chi connectivity index (χ2v) is 17.7. The normalized spacial score (nSPS) is 12.4. The SMILES string of the molecule is c1ccc(-c2c3c(-c4ccccc4)c4c5ccc6c7cccc8cccc(c9ccc(c4c(-c4ccccc4)c3c(-c3ccccc3)c3c4cccc%10cccc(c23)c%104)c5c69)c87)cc1. The van der Waals surface area contributed by atoms with Crippen molar-refractivity contribution in [2.45, 2.75) is 0 Å². The summed E-state index contributed by atoms with van der Waals surface area (Å²) in [4.78, 5) is 0. The summed E-state index contributed by atoms with van der Waals surface area (Å²) < 4.78 is 0. The van der Waals surface area contributed by atoms with E-state index < -0.39 is 0 Å². The molecule has 0 saturated heterocycles. The summed E-state index contributed by atoms with van der Waals surface area (Å²) >= 11 is 0. The van der Waals surface area contributed by atoms with E-state index in [1.54, 1.807) is 0 Å². The largest absolute Gasteiger partial charge is 0.0622 e. The zero-order valence-electron chi connectivity index (χ0n) is 34.8. The van der Waals surface area contributed by atoms with Crippen LogP contribution in [0.1, 0.15) is 0 Å². The fraction of sp³-hybridized carbons (Fsp3) is 0. The van der Waals surface area contributed by atoms with Gasteiger partial charge in [-0.25, -0.2) is 0 Å². The molecule has 15 rings (SSSR count). The minimum Gasteiger partial charge on any atom is -0.0622 e. The van der Waals surface area contributed by atoms with Crippen molar-refractivity contribution >= 4 is 108 Å². The molecule has 0 aliphatic carbocycles. The summed E-state index contributed by atoms with van der Waals surface area (Å²) in [6, 6.07) is 82.3.